The van der Waals surface area contributed by atoms with Crippen molar-refractivity contribution in [1.82, 2.24) is 14.9 Å². The van der Waals surface area contributed by atoms with Crippen LogP contribution in [0.3, 0.4) is 0 Å². The molecule has 3 amide bonds. The first-order valence-electron chi connectivity index (χ1n) is 9.83. The second-order valence-electron chi connectivity index (χ2n) is 8.26. The Bertz CT molecular complexity index is 1100. The number of halogens is 3. The van der Waals surface area contributed by atoms with E-state index in [1.165, 1.54) is 12.3 Å². The van der Waals surface area contributed by atoms with Gasteiger partial charge in [-0.2, -0.15) is 13.2 Å². The molecule has 3 rings (SSSR count). The number of alkyl halides is 3. The standard InChI is InChI=1S/C20H22F3N5O4S/c1-9-14(10-4-5-25-13(7-10)19(2,3)20(21,22)23)33-17(26-9)27-18(32)28-8-11(16(30)31)6-12(28)15(24)29/h4-5,7,11-12H,6,8H2,1-3H3,(H2,24,29)(H,30,31)(H,26,27,32)/t11-,12+/m1/s1. The van der Waals surface area contributed by atoms with Crippen LogP contribution in [0.25, 0.3) is 10.4 Å². The van der Waals surface area contributed by atoms with Crippen molar-refractivity contribution >= 4 is 34.4 Å². The van der Waals surface area contributed by atoms with Crippen molar-refractivity contribution in [3.63, 3.8) is 0 Å². The normalized spacial score (nSPS) is 18.9. The van der Waals surface area contributed by atoms with E-state index in [0.29, 0.717) is 16.1 Å². The fourth-order valence-electron chi connectivity index (χ4n) is 3.45. The zero-order chi connectivity index (χ0) is 24.7. The maximum Gasteiger partial charge on any atom is 0.399 e. The summed E-state index contributed by atoms with van der Waals surface area (Å²) in [5.41, 5.74) is 3.91. The predicted octanol–water partition coefficient (Wildman–Crippen LogP) is 3.15. The van der Waals surface area contributed by atoms with E-state index in [1.54, 1.807) is 13.0 Å². The molecule has 0 spiro atoms. The first-order valence-corrected chi connectivity index (χ1v) is 10.6. The number of carbonyl (C=O) groups excluding carboxylic acids is 2. The molecule has 0 aliphatic carbocycles. The van der Waals surface area contributed by atoms with Crippen molar-refractivity contribution in [1.29, 1.82) is 0 Å². The number of carbonyl (C=O) groups is 3. The van der Waals surface area contributed by atoms with Crippen molar-refractivity contribution in [2.75, 3.05) is 11.9 Å². The van der Waals surface area contributed by atoms with E-state index in [-0.39, 0.29) is 23.8 Å². The van der Waals surface area contributed by atoms with E-state index in [4.69, 9.17) is 5.73 Å². The molecule has 2 aromatic rings. The van der Waals surface area contributed by atoms with Gasteiger partial charge < -0.3 is 15.7 Å². The fraction of sp³-hybridized carbons (Fsp3) is 0.450. The quantitative estimate of drug-likeness (QED) is 0.595. The Balaban J connectivity index is 1.84. The largest absolute Gasteiger partial charge is 0.481 e. The lowest BCUT2D eigenvalue weighted by Gasteiger charge is -2.27. The SMILES string of the molecule is Cc1nc(NC(=O)N2C[C@H](C(=O)O)C[C@H]2C(N)=O)sc1-c1ccnc(C(C)(C)C(F)(F)F)c1. The van der Waals surface area contributed by atoms with Gasteiger partial charge >= 0.3 is 18.2 Å². The highest BCUT2D eigenvalue weighted by Crippen LogP contribution is 2.41. The summed E-state index contributed by atoms with van der Waals surface area (Å²) < 4.78 is 40.3. The van der Waals surface area contributed by atoms with Crippen LogP contribution in [0.5, 0.6) is 0 Å². The third-order valence-electron chi connectivity index (χ3n) is 5.62. The van der Waals surface area contributed by atoms with Gasteiger partial charge in [0, 0.05) is 12.7 Å². The van der Waals surface area contributed by atoms with Crippen LogP contribution in [-0.2, 0) is 15.0 Å². The smallest absolute Gasteiger partial charge is 0.399 e. The van der Waals surface area contributed by atoms with Gasteiger partial charge in [-0.15, -0.1) is 0 Å². The van der Waals surface area contributed by atoms with E-state index in [9.17, 15) is 32.7 Å². The lowest BCUT2D eigenvalue weighted by molar-refractivity contribution is -0.181. The molecule has 2 aromatic heterocycles. The molecule has 2 atom stereocenters. The molecule has 0 radical (unpaired) electrons. The molecule has 178 valence electrons. The zero-order valence-electron chi connectivity index (χ0n) is 17.9. The van der Waals surface area contributed by atoms with Gasteiger partial charge in [-0.25, -0.2) is 9.78 Å². The predicted molar refractivity (Wildman–Crippen MR) is 114 cm³/mol. The number of aromatic nitrogens is 2. The molecule has 33 heavy (non-hydrogen) atoms. The molecule has 1 aliphatic heterocycles. The number of urea groups is 1. The Kier molecular flexibility index (Phi) is 6.37. The van der Waals surface area contributed by atoms with Gasteiger partial charge in [0.1, 0.15) is 11.5 Å². The number of pyridine rings is 1. The van der Waals surface area contributed by atoms with Gasteiger partial charge in [-0.3, -0.25) is 19.9 Å². The number of thiazole rings is 1. The summed E-state index contributed by atoms with van der Waals surface area (Å²) in [5, 5.41) is 11.9. The number of hydrogen-bond acceptors (Lipinski definition) is 6. The highest BCUT2D eigenvalue weighted by Gasteiger charge is 2.49. The number of hydrogen-bond donors (Lipinski definition) is 3. The van der Waals surface area contributed by atoms with Gasteiger partial charge in [-0.1, -0.05) is 11.3 Å². The number of primary amides is 1. The molecule has 0 aromatic carbocycles. The molecular formula is C20H22F3N5O4S. The van der Waals surface area contributed by atoms with Crippen LogP contribution >= 0.6 is 11.3 Å². The number of nitrogens with one attached hydrogen (secondary N) is 1. The molecule has 9 nitrogen and oxygen atoms in total. The Morgan fingerprint density at radius 2 is 1.97 bits per heavy atom. The fourth-order valence-corrected chi connectivity index (χ4v) is 4.40. The van der Waals surface area contributed by atoms with Crippen molar-refractivity contribution < 1.29 is 32.7 Å². The first kappa shape index (κ1) is 24.4. The first-order chi connectivity index (χ1) is 15.2. The van der Waals surface area contributed by atoms with Crippen LogP contribution in [0, 0.1) is 12.8 Å². The zero-order valence-corrected chi connectivity index (χ0v) is 18.8. The topological polar surface area (TPSA) is 139 Å². The molecule has 0 bridgehead atoms. The summed E-state index contributed by atoms with van der Waals surface area (Å²) in [6.45, 7) is 3.53. The maximum absolute atomic E-state index is 13.4. The molecule has 1 saturated heterocycles. The molecule has 4 N–H and O–H groups in total. The number of aryl methyl sites for hydroxylation is 1. The summed E-state index contributed by atoms with van der Waals surface area (Å²) in [6.07, 6.45) is -3.31. The second kappa shape index (κ2) is 8.61. The number of carboxylic acids is 1. The molecule has 1 aliphatic rings. The second-order valence-corrected chi connectivity index (χ2v) is 9.26. The highest BCUT2D eigenvalue weighted by molar-refractivity contribution is 7.19. The lowest BCUT2D eigenvalue weighted by atomic mass is 9.87. The maximum atomic E-state index is 13.4. The molecule has 0 saturated carbocycles. The Labute approximate surface area is 190 Å². The van der Waals surface area contributed by atoms with E-state index in [1.807, 2.05) is 0 Å². The summed E-state index contributed by atoms with van der Waals surface area (Å²) >= 11 is 1.03. The number of nitrogens with zero attached hydrogens (tertiary/aromatic N) is 3. The summed E-state index contributed by atoms with van der Waals surface area (Å²) in [6, 6.07) is 1.07. The highest BCUT2D eigenvalue weighted by atomic mass is 32.1. The third kappa shape index (κ3) is 4.77. The number of likely N-dealkylation sites (tertiary alicyclic amines) is 1. The van der Waals surface area contributed by atoms with E-state index >= 15 is 0 Å². The monoisotopic (exact) mass is 485 g/mol. The number of aliphatic carboxylic acids is 1. The van der Waals surface area contributed by atoms with Crippen LogP contribution in [0.2, 0.25) is 0 Å². The minimum Gasteiger partial charge on any atom is -0.481 e. The molecule has 0 unspecified atom stereocenters. The number of amides is 3. The van der Waals surface area contributed by atoms with Crippen molar-refractivity contribution in [3.05, 3.63) is 29.7 Å². The van der Waals surface area contributed by atoms with Crippen LogP contribution in [-0.4, -0.2) is 56.6 Å². The molecule has 13 heteroatoms. The van der Waals surface area contributed by atoms with Gasteiger partial charge in [0.2, 0.25) is 5.91 Å². The Morgan fingerprint density at radius 1 is 1.30 bits per heavy atom. The average Bonchev–Trinajstić information content (AvgIpc) is 3.31. The minimum atomic E-state index is -4.50. The van der Waals surface area contributed by atoms with E-state index in [0.717, 1.165) is 30.1 Å². The van der Waals surface area contributed by atoms with Crippen molar-refractivity contribution in [3.8, 4) is 10.4 Å². The van der Waals surface area contributed by atoms with Gasteiger partial charge in [0.25, 0.3) is 0 Å². The Morgan fingerprint density at radius 3 is 2.55 bits per heavy atom. The van der Waals surface area contributed by atoms with E-state index in [2.05, 4.69) is 15.3 Å². The average molecular weight is 485 g/mol. The summed E-state index contributed by atoms with van der Waals surface area (Å²) in [7, 11) is 0. The molecule has 3 heterocycles. The number of anilines is 1. The Hall–Kier alpha value is -3.22. The van der Waals surface area contributed by atoms with Crippen LogP contribution in [0.4, 0.5) is 23.1 Å². The summed E-state index contributed by atoms with van der Waals surface area (Å²) in [4.78, 5) is 45.3. The van der Waals surface area contributed by atoms with Gasteiger partial charge in [0.05, 0.1) is 22.2 Å². The lowest BCUT2D eigenvalue weighted by Crippen LogP contribution is -2.45. The summed E-state index contributed by atoms with van der Waals surface area (Å²) in [5.74, 6) is -2.88. The number of rotatable bonds is 5. The van der Waals surface area contributed by atoms with E-state index < -0.39 is 41.5 Å². The minimum absolute atomic E-state index is 0.0883. The van der Waals surface area contributed by atoms with Gasteiger partial charge in [-0.05, 0) is 44.9 Å². The van der Waals surface area contributed by atoms with Crippen molar-refractivity contribution in [2.45, 2.75) is 44.8 Å². The molecule has 1 fully saturated rings. The number of carboxylic acid groups (broad SMARTS) is 1. The van der Waals surface area contributed by atoms with Crippen LogP contribution in [0.15, 0.2) is 18.3 Å². The van der Waals surface area contributed by atoms with Crippen LogP contribution in [0.1, 0.15) is 31.7 Å². The van der Waals surface area contributed by atoms with Crippen LogP contribution < -0.4 is 11.1 Å². The third-order valence-corrected chi connectivity index (χ3v) is 6.74. The molecular weight excluding hydrogens is 463 g/mol. The van der Waals surface area contributed by atoms with Gasteiger partial charge in [0.15, 0.2) is 5.13 Å². The number of nitrogens with two attached hydrogens (primary N) is 1. The van der Waals surface area contributed by atoms with Crippen molar-refractivity contribution in [2.24, 2.45) is 11.7 Å².